The molecule has 0 bridgehead atoms. The lowest BCUT2D eigenvalue weighted by Crippen LogP contribution is -2.41. The SMILES string of the molecule is COc1cc(C(C)=O)ccc1OC(C)C(=O)NCC(F)(F)F. The first-order valence-electron chi connectivity index (χ1n) is 6.34. The van der Waals surface area contributed by atoms with Crippen molar-refractivity contribution in [3.63, 3.8) is 0 Å². The minimum Gasteiger partial charge on any atom is -0.493 e. The summed E-state index contributed by atoms with van der Waals surface area (Å²) >= 11 is 0. The molecule has 1 aromatic rings. The number of ether oxygens (including phenoxy) is 2. The van der Waals surface area contributed by atoms with Gasteiger partial charge in [0.05, 0.1) is 7.11 Å². The average molecular weight is 319 g/mol. The summed E-state index contributed by atoms with van der Waals surface area (Å²) in [6.07, 6.45) is -5.64. The quantitative estimate of drug-likeness (QED) is 0.818. The van der Waals surface area contributed by atoms with Gasteiger partial charge in [-0.15, -0.1) is 0 Å². The predicted octanol–water partition coefficient (Wildman–Crippen LogP) is 2.34. The molecule has 0 aliphatic heterocycles. The van der Waals surface area contributed by atoms with Crippen molar-refractivity contribution in [2.45, 2.75) is 26.1 Å². The van der Waals surface area contributed by atoms with Crippen molar-refractivity contribution in [2.24, 2.45) is 0 Å². The van der Waals surface area contributed by atoms with Crippen molar-refractivity contribution in [3.05, 3.63) is 23.8 Å². The van der Waals surface area contributed by atoms with E-state index >= 15 is 0 Å². The predicted molar refractivity (Wildman–Crippen MR) is 72.2 cm³/mol. The van der Waals surface area contributed by atoms with Gasteiger partial charge in [0.1, 0.15) is 6.54 Å². The van der Waals surface area contributed by atoms with Gasteiger partial charge in [0.25, 0.3) is 5.91 Å². The fourth-order valence-electron chi connectivity index (χ4n) is 1.56. The van der Waals surface area contributed by atoms with E-state index in [0.29, 0.717) is 5.56 Å². The first-order chi connectivity index (χ1) is 10.1. The molecule has 8 heteroatoms. The van der Waals surface area contributed by atoms with Crippen LogP contribution in [0.2, 0.25) is 0 Å². The number of rotatable bonds is 6. The summed E-state index contributed by atoms with van der Waals surface area (Å²) in [4.78, 5) is 22.8. The van der Waals surface area contributed by atoms with Crippen molar-refractivity contribution in [1.82, 2.24) is 5.32 Å². The highest BCUT2D eigenvalue weighted by molar-refractivity contribution is 5.94. The first-order valence-corrected chi connectivity index (χ1v) is 6.34. The second-order valence-electron chi connectivity index (χ2n) is 4.51. The first kappa shape index (κ1) is 17.8. The maximum absolute atomic E-state index is 12.0. The molecule has 0 fully saturated rings. The van der Waals surface area contributed by atoms with Gasteiger partial charge in [-0.3, -0.25) is 9.59 Å². The van der Waals surface area contributed by atoms with Gasteiger partial charge in [0, 0.05) is 5.56 Å². The van der Waals surface area contributed by atoms with Crippen LogP contribution >= 0.6 is 0 Å². The molecule has 1 aromatic carbocycles. The van der Waals surface area contributed by atoms with Gasteiger partial charge in [0.2, 0.25) is 0 Å². The van der Waals surface area contributed by atoms with Crippen LogP contribution in [0.4, 0.5) is 13.2 Å². The minimum atomic E-state index is -4.49. The maximum atomic E-state index is 12.0. The lowest BCUT2D eigenvalue weighted by molar-refractivity contribution is -0.142. The Kier molecular flexibility index (Phi) is 5.78. The summed E-state index contributed by atoms with van der Waals surface area (Å²) in [6.45, 7) is 1.26. The number of hydrogen-bond acceptors (Lipinski definition) is 4. The van der Waals surface area contributed by atoms with Crippen LogP contribution < -0.4 is 14.8 Å². The van der Waals surface area contributed by atoms with E-state index < -0.39 is 24.7 Å². The van der Waals surface area contributed by atoms with Gasteiger partial charge in [-0.25, -0.2) is 0 Å². The Bertz CT molecular complexity index is 558. The largest absolute Gasteiger partial charge is 0.493 e. The van der Waals surface area contributed by atoms with Gasteiger partial charge >= 0.3 is 6.18 Å². The Morgan fingerprint density at radius 2 is 1.91 bits per heavy atom. The molecule has 1 rings (SSSR count). The standard InChI is InChI=1S/C14H16F3NO4/c1-8(19)10-4-5-11(12(6-10)21-3)22-9(2)13(20)18-7-14(15,16)17/h4-6,9H,7H2,1-3H3,(H,18,20). The smallest absolute Gasteiger partial charge is 0.405 e. The van der Waals surface area contributed by atoms with Gasteiger partial charge in [-0.1, -0.05) is 0 Å². The molecule has 1 atom stereocenters. The highest BCUT2D eigenvalue weighted by atomic mass is 19.4. The summed E-state index contributed by atoms with van der Waals surface area (Å²) in [5.74, 6) is -0.721. The maximum Gasteiger partial charge on any atom is 0.405 e. The van der Waals surface area contributed by atoms with E-state index in [9.17, 15) is 22.8 Å². The number of hydrogen-bond donors (Lipinski definition) is 1. The van der Waals surface area contributed by atoms with E-state index in [0.717, 1.165) is 0 Å². The van der Waals surface area contributed by atoms with Crippen LogP contribution in [0.3, 0.4) is 0 Å². The Balaban J connectivity index is 2.77. The van der Waals surface area contributed by atoms with Gasteiger partial charge in [0.15, 0.2) is 23.4 Å². The fourth-order valence-corrected chi connectivity index (χ4v) is 1.56. The zero-order valence-corrected chi connectivity index (χ0v) is 12.3. The number of halogens is 3. The number of benzene rings is 1. The molecule has 22 heavy (non-hydrogen) atoms. The number of methoxy groups -OCH3 is 1. The van der Waals surface area contributed by atoms with Gasteiger partial charge in [-0.2, -0.15) is 13.2 Å². The normalized spacial score (nSPS) is 12.5. The third-order valence-electron chi connectivity index (χ3n) is 2.71. The molecule has 0 saturated heterocycles. The fraction of sp³-hybridized carbons (Fsp3) is 0.429. The molecule has 122 valence electrons. The van der Waals surface area contributed by atoms with Gasteiger partial charge in [-0.05, 0) is 32.0 Å². The van der Waals surface area contributed by atoms with Crippen molar-refractivity contribution < 1.29 is 32.2 Å². The number of carbonyl (C=O) groups excluding carboxylic acids is 2. The van der Waals surface area contributed by atoms with Crippen LogP contribution in [0, 0.1) is 0 Å². The van der Waals surface area contributed by atoms with Crippen LogP contribution in [0.5, 0.6) is 11.5 Å². The van der Waals surface area contributed by atoms with Gasteiger partial charge < -0.3 is 14.8 Å². The van der Waals surface area contributed by atoms with Crippen LogP contribution in [-0.2, 0) is 4.79 Å². The zero-order valence-electron chi connectivity index (χ0n) is 12.3. The molecule has 0 heterocycles. The third kappa shape index (κ3) is 5.27. The zero-order chi connectivity index (χ0) is 16.9. The van der Waals surface area contributed by atoms with Crippen LogP contribution in [0.15, 0.2) is 18.2 Å². The number of Topliss-reactive ketones (excluding diaryl/α,β-unsaturated/α-hetero) is 1. The van der Waals surface area contributed by atoms with E-state index in [4.69, 9.17) is 9.47 Å². The van der Waals surface area contributed by atoms with Crippen molar-refractivity contribution in [1.29, 1.82) is 0 Å². The molecule has 0 aliphatic rings. The van der Waals surface area contributed by atoms with E-state index in [1.807, 2.05) is 0 Å². The average Bonchev–Trinajstić information content (AvgIpc) is 2.43. The minimum absolute atomic E-state index is 0.155. The summed E-state index contributed by atoms with van der Waals surface area (Å²) in [6, 6.07) is 4.32. The number of ketones is 1. The molecule has 0 radical (unpaired) electrons. The third-order valence-corrected chi connectivity index (χ3v) is 2.71. The molecular weight excluding hydrogens is 303 g/mol. The Labute approximate surface area is 125 Å². The summed E-state index contributed by atoms with van der Waals surface area (Å²) in [5.41, 5.74) is 0.387. The summed E-state index contributed by atoms with van der Waals surface area (Å²) in [5, 5.41) is 1.73. The Morgan fingerprint density at radius 1 is 1.27 bits per heavy atom. The van der Waals surface area contributed by atoms with E-state index in [1.54, 1.807) is 5.32 Å². The number of nitrogens with one attached hydrogen (secondary N) is 1. The molecule has 0 saturated carbocycles. The Morgan fingerprint density at radius 3 is 2.41 bits per heavy atom. The molecule has 0 spiro atoms. The number of carbonyl (C=O) groups is 2. The molecule has 1 amide bonds. The molecule has 0 aliphatic carbocycles. The molecule has 0 aromatic heterocycles. The van der Waals surface area contributed by atoms with E-state index in [-0.39, 0.29) is 17.3 Å². The molecule has 5 nitrogen and oxygen atoms in total. The van der Waals surface area contributed by atoms with E-state index in [2.05, 4.69) is 0 Å². The topological polar surface area (TPSA) is 64.6 Å². The van der Waals surface area contributed by atoms with Crippen molar-refractivity contribution in [3.8, 4) is 11.5 Å². The summed E-state index contributed by atoms with van der Waals surface area (Å²) < 4.78 is 46.4. The lowest BCUT2D eigenvalue weighted by atomic mass is 10.1. The molecule has 1 unspecified atom stereocenters. The lowest BCUT2D eigenvalue weighted by Gasteiger charge is -2.17. The molecular formula is C14H16F3NO4. The second kappa shape index (κ2) is 7.15. The number of amides is 1. The van der Waals surface area contributed by atoms with E-state index in [1.165, 1.54) is 39.2 Å². The monoisotopic (exact) mass is 319 g/mol. The summed E-state index contributed by atoms with van der Waals surface area (Å²) in [7, 11) is 1.35. The second-order valence-corrected chi connectivity index (χ2v) is 4.51. The van der Waals surface area contributed by atoms with Crippen molar-refractivity contribution >= 4 is 11.7 Å². The van der Waals surface area contributed by atoms with Crippen LogP contribution in [0.1, 0.15) is 24.2 Å². The molecule has 1 N–H and O–H groups in total. The Hall–Kier alpha value is -2.25. The van der Waals surface area contributed by atoms with Crippen LogP contribution in [0.25, 0.3) is 0 Å². The van der Waals surface area contributed by atoms with Crippen molar-refractivity contribution in [2.75, 3.05) is 13.7 Å². The highest BCUT2D eigenvalue weighted by Crippen LogP contribution is 2.29. The van der Waals surface area contributed by atoms with Crippen LogP contribution in [-0.4, -0.2) is 37.6 Å². The number of alkyl halides is 3. The highest BCUT2D eigenvalue weighted by Gasteiger charge is 2.29.